The van der Waals surface area contributed by atoms with Gasteiger partial charge in [0.1, 0.15) is 0 Å². The van der Waals surface area contributed by atoms with Crippen molar-refractivity contribution in [2.75, 3.05) is 13.2 Å². The van der Waals surface area contributed by atoms with Crippen LogP contribution < -0.4 is 5.32 Å². The number of aliphatic hydroxyl groups excluding tert-OH is 1. The molecule has 1 heterocycles. The van der Waals surface area contributed by atoms with Crippen molar-refractivity contribution < 1.29 is 14.7 Å². The number of hydrogen-bond donors (Lipinski definition) is 2. The molecule has 0 bridgehead atoms. The zero-order chi connectivity index (χ0) is 12.3. The summed E-state index contributed by atoms with van der Waals surface area (Å²) in [4.78, 5) is 25.0. The predicted molar refractivity (Wildman–Crippen MR) is 59.6 cm³/mol. The van der Waals surface area contributed by atoms with Crippen molar-refractivity contribution in [1.29, 1.82) is 0 Å². The van der Waals surface area contributed by atoms with Gasteiger partial charge in [0, 0.05) is 25.0 Å². The number of nitrogens with zero attached hydrogens (tertiary/aromatic N) is 1. The molecule has 2 N–H and O–H groups in total. The van der Waals surface area contributed by atoms with Crippen LogP contribution in [0.1, 0.15) is 27.2 Å². The zero-order valence-corrected chi connectivity index (χ0v) is 10.1. The van der Waals surface area contributed by atoms with E-state index in [0.717, 1.165) is 0 Å². The minimum Gasteiger partial charge on any atom is -0.394 e. The number of aliphatic hydroxyl groups is 1. The molecule has 2 atom stereocenters. The quantitative estimate of drug-likeness (QED) is 0.696. The first-order valence-electron chi connectivity index (χ1n) is 5.66. The van der Waals surface area contributed by atoms with Crippen LogP contribution in [0.2, 0.25) is 0 Å². The fourth-order valence-electron chi connectivity index (χ4n) is 1.81. The molecule has 0 spiro atoms. The van der Waals surface area contributed by atoms with Gasteiger partial charge in [-0.25, -0.2) is 0 Å². The smallest absolute Gasteiger partial charge is 0.225 e. The molecule has 1 rings (SSSR count). The second kappa shape index (κ2) is 5.30. The standard InChI is InChI=1S/C11H20N2O3/c1-7(2)13-5-9(4-10(13)15)11(16)12-8(3)6-14/h7-9,14H,4-6H2,1-3H3,(H,12,16). The minimum absolute atomic E-state index is 0.0341. The van der Waals surface area contributed by atoms with Gasteiger partial charge in [-0.1, -0.05) is 0 Å². The Labute approximate surface area is 95.8 Å². The third kappa shape index (κ3) is 2.95. The molecule has 1 aliphatic rings. The molecule has 0 radical (unpaired) electrons. The van der Waals surface area contributed by atoms with E-state index in [9.17, 15) is 9.59 Å². The number of carbonyl (C=O) groups excluding carboxylic acids is 2. The van der Waals surface area contributed by atoms with Gasteiger partial charge in [0.2, 0.25) is 11.8 Å². The summed E-state index contributed by atoms with van der Waals surface area (Å²) < 4.78 is 0. The summed E-state index contributed by atoms with van der Waals surface area (Å²) in [6.07, 6.45) is 0.280. The first kappa shape index (κ1) is 13.0. The molecule has 1 saturated heterocycles. The van der Waals surface area contributed by atoms with Crippen molar-refractivity contribution in [3.05, 3.63) is 0 Å². The van der Waals surface area contributed by atoms with Gasteiger partial charge in [-0.3, -0.25) is 9.59 Å². The number of rotatable bonds is 4. The van der Waals surface area contributed by atoms with Crippen molar-refractivity contribution in [3.63, 3.8) is 0 Å². The summed E-state index contributed by atoms with van der Waals surface area (Å²) in [7, 11) is 0. The highest BCUT2D eigenvalue weighted by atomic mass is 16.3. The van der Waals surface area contributed by atoms with Crippen LogP contribution >= 0.6 is 0 Å². The fraction of sp³-hybridized carbons (Fsp3) is 0.818. The van der Waals surface area contributed by atoms with Crippen LogP contribution in [0, 0.1) is 5.92 Å². The predicted octanol–water partition coefficient (Wildman–Crippen LogP) is -0.260. The molecular formula is C11H20N2O3. The molecule has 2 unspecified atom stereocenters. The van der Waals surface area contributed by atoms with Gasteiger partial charge in [-0.05, 0) is 20.8 Å². The van der Waals surface area contributed by atoms with E-state index in [2.05, 4.69) is 5.32 Å². The normalized spacial score (nSPS) is 22.7. The Balaban J connectivity index is 2.52. The Morgan fingerprint density at radius 1 is 1.56 bits per heavy atom. The minimum atomic E-state index is -0.274. The van der Waals surface area contributed by atoms with Crippen LogP contribution in [0.3, 0.4) is 0 Å². The van der Waals surface area contributed by atoms with Crippen molar-refractivity contribution >= 4 is 11.8 Å². The molecule has 92 valence electrons. The highest BCUT2D eigenvalue weighted by Crippen LogP contribution is 2.20. The van der Waals surface area contributed by atoms with Crippen LogP contribution in [0.25, 0.3) is 0 Å². The molecule has 0 aromatic heterocycles. The van der Waals surface area contributed by atoms with E-state index in [1.807, 2.05) is 13.8 Å². The largest absolute Gasteiger partial charge is 0.394 e. The molecule has 0 saturated carbocycles. The number of carbonyl (C=O) groups is 2. The summed E-state index contributed by atoms with van der Waals surface area (Å²) in [5, 5.41) is 11.5. The second-order valence-corrected chi connectivity index (χ2v) is 4.63. The summed E-state index contributed by atoms with van der Waals surface area (Å²) in [6.45, 7) is 6.01. The Morgan fingerprint density at radius 3 is 2.62 bits per heavy atom. The van der Waals surface area contributed by atoms with E-state index in [1.54, 1.807) is 11.8 Å². The van der Waals surface area contributed by atoms with Gasteiger partial charge in [0.25, 0.3) is 0 Å². The molecule has 0 aromatic carbocycles. The molecule has 16 heavy (non-hydrogen) atoms. The molecule has 1 fully saturated rings. The van der Waals surface area contributed by atoms with Crippen LogP contribution in [-0.4, -0.2) is 47.1 Å². The average molecular weight is 228 g/mol. The average Bonchev–Trinajstić information content (AvgIpc) is 2.60. The van der Waals surface area contributed by atoms with E-state index in [0.29, 0.717) is 6.54 Å². The lowest BCUT2D eigenvalue weighted by Gasteiger charge is -2.21. The molecule has 0 aliphatic carbocycles. The highest BCUT2D eigenvalue weighted by molar-refractivity contribution is 5.89. The Bertz CT molecular complexity index is 278. The van der Waals surface area contributed by atoms with Gasteiger partial charge in [0.15, 0.2) is 0 Å². The van der Waals surface area contributed by atoms with E-state index in [1.165, 1.54) is 0 Å². The van der Waals surface area contributed by atoms with E-state index < -0.39 is 0 Å². The van der Waals surface area contributed by atoms with Crippen LogP contribution in [0.4, 0.5) is 0 Å². The maximum Gasteiger partial charge on any atom is 0.225 e. The van der Waals surface area contributed by atoms with Crippen LogP contribution in [-0.2, 0) is 9.59 Å². The van der Waals surface area contributed by atoms with Gasteiger partial charge in [-0.2, -0.15) is 0 Å². The summed E-state index contributed by atoms with van der Waals surface area (Å²) >= 11 is 0. The summed E-state index contributed by atoms with van der Waals surface area (Å²) in [5.74, 6) is -0.381. The van der Waals surface area contributed by atoms with Gasteiger partial charge in [-0.15, -0.1) is 0 Å². The van der Waals surface area contributed by atoms with Crippen LogP contribution in [0.5, 0.6) is 0 Å². The highest BCUT2D eigenvalue weighted by Gasteiger charge is 2.35. The van der Waals surface area contributed by atoms with Crippen molar-refractivity contribution in [2.24, 2.45) is 5.92 Å². The fourth-order valence-corrected chi connectivity index (χ4v) is 1.81. The Kier molecular flexibility index (Phi) is 4.29. The summed E-state index contributed by atoms with van der Waals surface area (Å²) in [6, 6.07) is -0.115. The molecule has 5 heteroatoms. The topological polar surface area (TPSA) is 69.6 Å². The molecule has 0 aromatic rings. The lowest BCUT2D eigenvalue weighted by Crippen LogP contribution is -2.40. The third-order valence-electron chi connectivity index (χ3n) is 2.82. The number of likely N-dealkylation sites (tertiary alicyclic amines) is 1. The van der Waals surface area contributed by atoms with Crippen molar-refractivity contribution in [2.45, 2.75) is 39.3 Å². The Morgan fingerprint density at radius 2 is 2.19 bits per heavy atom. The van der Waals surface area contributed by atoms with Crippen LogP contribution in [0.15, 0.2) is 0 Å². The molecule has 2 amide bonds. The van der Waals surface area contributed by atoms with Gasteiger partial charge < -0.3 is 15.3 Å². The lowest BCUT2D eigenvalue weighted by atomic mass is 10.1. The number of nitrogens with one attached hydrogen (secondary N) is 1. The van der Waals surface area contributed by atoms with E-state index >= 15 is 0 Å². The first-order chi connectivity index (χ1) is 7.45. The number of hydrogen-bond acceptors (Lipinski definition) is 3. The van der Waals surface area contributed by atoms with E-state index in [4.69, 9.17) is 5.11 Å². The second-order valence-electron chi connectivity index (χ2n) is 4.63. The maximum atomic E-state index is 11.7. The molecular weight excluding hydrogens is 208 g/mol. The third-order valence-corrected chi connectivity index (χ3v) is 2.82. The monoisotopic (exact) mass is 228 g/mol. The van der Waals surface area contributed by atoms with Crippen molar-refractivity contribution in [3.8, 4) is 0 Å². The SMILES string of the molecule is CC(CO)NC(=O)C1CC(=O)N(C(C)C)C1. The lowest BCUT2D eigenvalue weighted by molar-refractivity contribution is -0.130. The van der Waals surface area contributed by atoms with Gasteiger partial charge >= 0.3 is 0 Å². The zero-order valence-electron chi connectivity index (χ0n) is 10.1. The van der Waals surface area contributed by atoms with Gasteiger partial charge in [0.05, 0.1) is 12.5 Å². The van der Waals surface area contributed by atoms with E-state index in [-0.39, 0.29) is 42.8 Å². The molecule has 5 nitrogen and oxygen atoms in total. The maximum absolute atomic E-state index is 11.7. The number of amides is 2. The molecule has 1 aliphatic heterocycles. The van der Waals surface area contributed by atoms with Crippen molar-refractivity contribution in [1.82, 2.24) is 10.2 Å². The summed E-state index contributed by atoms with van der Waals surface area (Å²) in [5.41, 5.74) is 0. The Hall–Kier alpha value is -1.10. The first-order valence-corrected chi connectivity index (χ1v) is 5.66.